The van der Waals surface area contributed by atoms with Gasteiger partial charge in [0.1, 0.15) is 6.04 Å². The minimum absolute atomic E-state index is 0.167. The van der Waals surface area contributed by atoms with Crippen molar-refractivity contribution in [2.45, 2.75) is 38.1 Å². The molecule has 1 aliphatic carbocycles. The SMILES string of the molecule is O=C([C@H]1CCCN1C(=O)CC1Cc2ccccc2C1)N1CCSC1. The maximum absolute atomic E-state index is 12.8. The van der Waals surface area contributed by atoms with Crippen molar-refractivity contribution in [3.05, 3.63) is 35.4 Å². The zero-order chi connectivity index (χ0) is 16.5. The third-order valence-electron chi connectivity index (χ3n) is 5.52. The standard InChI is InChI=1S/C19H24N2O2S/c22-18(12-14-10-15-4-1-2-5-16(15)11-14)21-7-3-6-17(21)19(23)20-8-9-24-13-20/h1-2,4-5,14,17H,3,6-13H2/t17-/m1/s1. The van der Waals surface area contributed by atoms with E-state index in [0.717, 1.165) is 50.4 Å². The molecule has 2 amide bonds. The summed E-state index contributed by atoms with van der Waals surface area (Å²) in [5, 5.41) is 0. The molecule has 0 N–H and O–H groups in total. The lowest BCUT2D eigenvalue weighted by atomic mass is 10.0. The average molecular weight is 344 g/mol. The van der Waals surface area contributed by atoms with Crippen LogP contribution < -0.4 is 0 Å². The number of hydrogen-bond donors (Lipinski definition) is 0. The second-order valence-corrected chi connectivity index (χ2v) is 8.21. The third kappa shape index (κ3) is 3.06. The highest BCUT2D eigenvalue weighted by molar-refractivity contribution is 7.99. The Morgan fingerprint density at radius 1 is 1.12 bits per heavy atom. The number of carbonyl (C=O) groups excluding carboxylic acids is 2. The molecule has 5 heteroatoms. The van der Waals surface area contributed by atoms with Crippen LogP contribution in [0, 0.1) is 5.92 Å². The molecule has 1 atom stereocenters. The predicted molar refractivity (Wildman–Crippen MR) is 95.7 cm³/mol. The minimum atomic E-state index is -0.208. The quantitative estimate of drug-likeness (QED) is 0.845. The summed E-state index contributed by atoms with van der Waals surface area (Å²) in [7, 11) is 0. The van der Waals surface area contributed by atoms with Gasteiger partial charge < -0.3 is 9.80 Å². The molecule has 0 unspecified atom stereocenters. The number of amides is 2. The van der Waals surface area contributed by atoms with Crippen molar-refractivity contribution in [3.63, 3.8) is 0 Å². The summed E-state index contributed by atoms with van der Waals surface area (Å²) >= 11 is 1.80. The van der Waals surface area contributed by atoms with Gasteiger partial charge in [0.05, 0.1) is 5.88 Å². The monoisotopic (exact) mass is 344 g/mol. The van der Waals surface area contributed by atoms with E-state index in [0.29, 0.717) is 12.3 Å². The van der Waals surface area contributed by atoms with Gasteiger partial charge in [0, 0.05) is 25.3 Å². The van der Waals surface area contributed by atoms with Crippen LogP contribution in [0.1, 0.15) is 30.4 Å². The molecule has 2 aliphatic heterocycles. The largest absolute Gasteiger partial charge is 0.331 e. The summed E-state index contributed by atoms with van der Waals surface area (Å²) in [6.07, 6.45) is 4.35. The molecule has 24 heavy (non-hydrogen) atoms. The zero-order valence-electron chi connectivity index (χ0n) is 13.9. The fraction of sp³-hybridized carbons (Fsp3) is 0.579. The summed E-state index contributed by atoms with van der Waals surface area (Å²) < 4.78 is 0. The number of rotatable bonds is 3. The van der Waals surface area contributed by atoms with E-state index in [9.17, 15) is 9.59 Å². The highest BCUT2D eigenvalue weighted by Gasteiger charge is 2.38. The average Bonchev–Trinajstić information content (AvgIpc) is 3.32. The lowest BCUT2D eigenvalue weighted by Gasteiger charge is -2.28. The van der Waals surface area contributed by atoms with Gasteiger partial charge in [-0.1, -0.05) is 24.3 Å². The van der Waals surface area contributed by atoms with E-state index in [2.05, 4.69) is 24.3 Å². The molecule has 0 aromatic heterocycles. The van der Waals surface area contributed by atoms with Crippen LogP contribution in [0.3, 0.4) is 0 Å². The van der Waals surface area contributed by atoms with Crippen molar-refractivity contribution in [3.8, 4) is 0 Å². The molecule has 3 aliphatic rings. The zero-order valence-corrected chi connectivity index (χ0v) is 14.8. The van der Waals surface area contributed by atoms with Crippen molar-refractivity contribution in [1.29, 1.82) is 0 Å². The van der Waals surface area contributed by atoms with Gasteiger partial charge in [-0.25, -0.2) is 0 Å². The van der Waals surface area contributed by atoms with Crippen LogP contribution in [0.4, 0.5) is 0 Å². The first-order chi connectivity index (χ1) is 11.7. The van der Waals surface area contributed by atoms with Crippen LogP contribution in [0.2, 0.25) is 0 Å². The Hall–Kier alpha value is -1.49. The molecule has 0 bridgehead atoms. The molecule has 0 radical (unpaired) electrons. The second-order valence-electron chi connectivity index (χ2n) is 7.13. The third-order valence-corrected chi connectivity index (χ3v) is 6.49. The lowest BCUT2D eigenvalue weighted by molar-refractivity contribution is -0.143. The Labute approximate surface area is 147 Å². The van der Waals surface area contributed by atoms with E-state index >= 15 is 0 Å². The van der Waals surface area contributed by atoms with Gasteiger partial charge in [-0.3, -0.25) is 9.59 Å². The number of fused-ring (bicyclic) bond motifs is 1. The van der Waals surface area contributed by atoms with Gasteiger partial charge >= 0.3 is 0 Å². The number of nitrogens with zero attached hydrogens (tertiary/aromatic N) is 2. The van der Waals surface area contributed by atoms with Crippen molar-refractivity contribution < 1.29 is 9.59 Å². The molecule has 1 aromatic rings. The fourth-order valence-corrected chi connectivity index (χ4v) is 5.23. The molecule has 1 aromatic carbocycles. The van der Waals surface area contributed by atoms with Crippen molar-refractivity contribution in [1.82, 2.24) is 9.80 Å². The van der Waals surface area contributed by atoms with E-state index in [1.54, 1.807) is 11.8 Å². The molecule has 0 saturated carbocycles. The number of thioether (sulfide) groups is 1. The van der Waals surface area contributed by atoms with Crippen molar-refractivity contribution >= 4 is 23.6 Å². The second kappa shape index (κ2) is 6.79. The number of hydrogen-bond acceptors (Lipinski definition) is 3. The number of likely N-dealkylation sites (tertiary alicyclic amines) is 1. The summed E-state index contributed by atoms with van der Waals surface area (Å²) in [6, 6.07) is 8.29. The molecule has 128 valence electrons. The van der Waals surface area contributed by atoms with E-state index in [4.69, 9.17) is 0 Å². The van der Waals surface area contributed by atoms with E-state index in [1.807, 2.05) is 9.80 Å². The molecule has 4 nitrogen and oxygen atoms in total. The first-order valence-corrected chi connectivity index (χ1v) is 10.1. The van der Waals surface area contributed by atoms with Gasteiger partial charge in [0.2, 0.25) is 11.8 Å². The Morgan fingerprint density at radius 3 is 2.54 bits per heavy atom. The molecular weight excluding hydrogens is 320 g/mol. The van der Waals surface area contributed by atoms with Gasteiger partial charge in [-0.2, -0.15) is 0 Å². The predicted octanol–water partition coefficient (Wildman–Crippen LogP) is 2.32. The summed E-state index contributed by atoms with van der Waals surface area (Å²) in [4.78, 5) is 29.3. The summed E-state index contributed by atoms with van der Waals surface area (Å²) in [6.45, 7) is 1.58. The van der Waals surface area contributed by atoms with Gasteiger partial charge in [-0.05, 0) is 42.7 Å². The van der Waals surface area contributed by atoms with E-state index in [-0.39, 0.29) is 17.9 Å². The highest BCUT2D eigenvalue weighted by atomic mass is 32.2. The molecule has 0 spiro atoms. The fourth-order valence-electron chi connectivity index (χ4n) is 4.28. The molecule has 2 fully saturated rings. The van der Waals surface area contributed by atoms with E-state index < -0.39 is 0 Å². The number of benzene rings is 1. The summed E-state index contributed by atoms with van der Waals surface area (Å²) in [5.74, 6) is 2.55. The highest BCUT2D eigenvalue weighted by Crippen LogP contribution is 2.30. The first kappa shape index (κ1) is 16.0. The first-order valence-electron chi connectivity index (χ1n) is 8.95. The maximum Gasteiger partial charge on any atom is 0.246 e. The smallest absolute Gasteiger partial charge is 0.246 e. The summed E-state index contributed by atoms with van der Waals surface area (Å²) in [5.41, 5.74) is 2.77. The van der Waals surface area contributed by atoms with Gasteiger partial charge in [-0.15, -0.1) is 11.8 Å². The Morgan fingerprint density at radius 2 is 1.88 bits per heavy atom. The Balaban J connectivity index is 1.38. The normalized spacial score (nSPS) is 23.8. The Kier molecular flexibility index (Phi) is 4.53. The maximum atomic E-state index is 12.8. The molecule has 2 heterocycles. The van der Waals surface area contributed by atoms with Crippen molar-refractivity contribution in [2.24, 2.45) is 5.92 Å². The lowest BCUT2D eigenvalue weighted by Crippen LogP contribution is -2.47. The molecular formula is C19H24N2O2S. The number of carbonyl (C=O) groups is 2. The molecule has 2 saturated heterocycles. The van der Waals surface area contributed by atoms with Crippen LogP contribution in [0.25, 0.3) is 0 Å². The van der Waals surface area contributed by atoms with Crippen LogP contribution in [-0.4, -0.2) is 52.4 Å². The van der Waals surface area contributed by atoms with Crippen LogP contribution in [-0.2, 0) is 22.4 Å². The molecule has 4 rings (SSSR count). The van der Waals surface area contributed by atoms with Crippen LogP contribution >= 0.6 is 11.8 Å². The minimum Gasteiger partial charge on any atom is -0.331 e. The van der Waals surface area contributed by atoms with Crippen LogP contribution in [0.15, 0.2) is 24.3 Å². The van der Waals surface area contributed by atoms with Crippen LogP contribution in [0.5, 0.6) is 0 Å². The Bertz CT molecular complexity index is 617. The van der Waals surface area contributed by atoms with Gasteiger partial charge in [0.25, 0.3) is 0 Å². The van der Waals surface area contributed by atoms with Crippen molar-refractivity contribution in [2.75, 3.05) is 24.7 Å². The van der Waals surface area contributed by atoms with Gasteiger partial charge in [0.15, 0.2) is 0 Å². The topological polar surface area (TPSA) is 40.6 Å². The van der Waals surface area contributed by atoms with E-state index in [1.165, 1.54) is 11.1 Å².